The van der Waals surface area contributed by atoms with E-state index in [1.165, 1.54) is 12.3 Å². The number of carbonyl (C=O) groups excluding carboxylic acids is 1. The van der Waals surface area contributed by atoms with Gasteiger partial charge < -0.3 is 9.80 Å². The van der Waals surface area contributed by atoms with Crippen LogP contribution in [0.25, 0.3) is 5.82 Å². The first-order chi connectivity index (χ1) is 12.7. The average Bonchev–Trinajstić information content (AvgIpc) is 3.23. The Balaban J connectivity index is 1.39. The van der Waals surface area contributed by atoms with Gasteiger partial charge in [0.25, 0.3) is 5.91 Å². The van der Waals surface area contributed by atoms with Crippen LogP contribution in [-0.4, -0.2) is 61.9 Å². The Hall–Kier alpha value is -3.36. The highest BCUT2D eigenvalue weighted by Crippen LogP contribution is 2.15. The smallest absolute Gasteiger partial charge is 0.255 e. The quantitative estimate of drug-likeness (QED) is 0.703. The third-order valence-electron chi connectivity index (χ3n) is 4.22. The fourth-order valence-electron chi connectivity index (χ4n) is 2.86. The first-order valence-electron chi connectivity index (χ1n) is 8.19. The molecule has 4 rings (SSSR count). The van der Waals surface area contributed by atoms with E-state index >= 15 is 0 Å². The molecule has 1 aliphatic heterocycles. The van der Waals surface area contributed by atoms with Crippen LogP contribution in [0.5, 0.6) is 0 Å². The number of halogens is 1. The van der Waals surface area contributed by atoms with E-state index in [0.29, 0.717) is 32.0 Å². The molecule has 26 heavy (non-hydrogen) atoms. The summed E-state index contributed by atoms with van der Waals surface area (Å²) in [6.07, 6.45) is 5.95. The van der Waals surface area contributed by atoms with Crippen molar-refractivity contribution in [2.24, 2.45) is 0 Å². The van der Waals surface area contributed by atoms with E-state index in [9.17, 15) is 9.18 Å². The third-order valence-corrected chi connectivity index (χ3v) is 4.22. The largest absolute Gasteiger partial charge is 0.352 e. The second kappa shape index (κ2) is 6.87. The zero-order valence-electron chi connectivity index (χ0n) is 13.9. The van der Waals surface area contributed by atoms with Gasteiger partial charge in [0.2, 0.25) is 0 Å². The summed E-state index contributed by atoms with van der Waals surface area (Å²) in [5.74, 6) is 0.672. The molecule has 1 fully saturated rings. The second-order valence-corrected chi connectivity index (χ2v) is 5.87. The summed E-state index contributed by atoms with van der Waals surface area (Å²) in [4.78, 5) is 19.9. The molecule has 0 N–H and O–H groups in total. The molecule has 1 saturated heterocycles. The molecule has 0 spiro atoms. The number of rotatable bonds is 3. The molecule has 1 aliphatic rings. The lowest BCUT2D eigenvalue weighted by Gasteiger charge is -2.35. The lowest BCUT2D eigenvalue weighted by Crippen LogP contribution is -2.49. The molecule has 0 saturated carbocycles. The van der Waals surface area contributed by atoms with Crippen molar-refractivity contribution in [3.63, 3.8) is 0 Å². The van der Waals surface area contributed by atoms with Crippen molar-refractivity contribution < 1.29 is 9.18 Å². The van der Waals surface area contributed by atoms with Crippen LogP contribution in [-0.2, 0) is 0 Å². The molecule has 1 amide bonds. The molecule has 0 atom stereocenters. The maximum atomic E-state index is 13.2. The minimum Gasteiger partial charge on any atom is -0.352 e. The summed E-state index contributed by atoms with van der Waals surface area (Å²) in [5, 5.41) is 12.6. The highest BCUT2D eigenvalue weighted by Gasteiger charge is 2.23. The normalized spacial score (nSPS) is 14.5. The number of aromatic nitrogens is 5. The Kier molecular flexibility index (Phi) is 4.26. The molecule has 0 radical (unpaired) electrons. The first-order valence-corrected chi connectivity index (χ1v) is 8.19. The van der Waals surface area contributed by atoms with E-state index in [0.717, 1.165) is 12.0 Å². The second-order valence-electron chi connectivity index (χ2n) is 5.87. The molecule has 0 bridgehead atoms. The number of pyridine rings is 1. The minimum absolute atomic E-state index is 0.211. The van der Waals surface area contributed by atoms with Gasteiger partial charge in [0.15, 0.2) is 11.6 Å². The maximum Gasteiger partial charge on any atom is 0.255 e. The molecule has 9 heteroatoms. The lowest BCUT2D eigenvalue weighted by molar-refractivity contribution is 0.0745. The highest BCUT2D eigenvalue weighted by molar-refractivity contribution is 5.94. The van der Waals surface area contributed by atoms with Gasteiger partial charge in [-0.1, -0.05) is 0 Å². The summed E-state index contributed by atoms with van der Waals surface area (Å²) in [6.45, 7) is 2.31. The number of carbonyl (C=O) groups is 1. The maximum absolute atomic E-state index is 13.2. The van der Waals surface area contributed by atoms with E-state index in [1.807, 2.05) is 18.2 Å². The summed E-state index contributed by atoms with van der Waals surface area (Å²) in [5.41, 5.74) is 0.266. The standard InChI is InChI=1S/C17H16FN7O/c18-14-10-13(11-19-12-14)17(26)24-8-6-23(7-9-24)15-2-3-16(22-21-15)25-5-1-4-20-25/h1-5,10-12H,6-9H2. The minimum atomic E-state index is -0.512. The Bertz CT molecular complexity index is 890. The van der Waals surface area contributed by atoms with Gasteiger partial charge in [0.05, 0.1) is 11.8 Å². The zero-order valence-corrected chi connectivity index (χ0v) is 13.9. The third kappa shape index (κ3) is 3.23. The van der Waals surface area contributed by atoms with Gasteiger partial charge in [-0.15, -0.1) is 10.2 Å². The van der Waals surface area contributed by atoms with Gasteiger partial charge in [-0.25, -0.2) is 9.07 Å². The molecule has 132 valence electrons. The van der Waals surface area contributed by atoms with Gasteiger partial charge >= 0.3 is 0 Å². The Morgan fingerprint density at radius 1 is 1.04 bits per heavy atom. The van der Waals surface area contributed by atoms with Crippen molar-refractivity contribution in [2.75, 3.05) is 31.1 Å². The summed E-state index contributed by atoms with van der Waals surface area (Å²) in [7, 11) is 0. The van der Waals surface area contributed by atoms with Crippen LogP contribution in [0.2, 0.25) is 0 Å². The SMILES string of the molecule is O=C(c1cncc(F)c1)N1CCN(c2ccc(-n3cccn3)nn2)CC1. The number of hydrogen-bond acceptors (Lipinski definition) is 6. The fourth-order valence-corrected chi connectivity index (χ4v) is 2.86. The van der Waals surface area contributed by atoms with Gasteiger partial charge in [0, 0.05) is 44.8 Å². The summed E-state index contributed by atoms with van der Waals surface area (Å²) < 4.78 is 14.9. The Morgan fingerprint density at radius 3 is 2.46 bits per heavy atom. The van der Waals surface area contributed by atoms with Gasteiger partial charge in [0.1, 0.15) is 5.82 Å². The predicted octanol–water partition coefficient (Wildman–Crippen LogP) is 1.16. The summed E-state index contributed by atoms with van der Waals surface area (Å²) in [6, 6.07) is 6.77. The van der Waals surface area contributed by atoms with Crippen LogP contribution < -0.4 is 4.90 Å². The van der Waals surface area contributed by atoms with Crippen LogP contribution in [0, 0.1) is 5.82 Å². The molecule has 0 unspecified atom stereocenters. The monoisotopic (exact) mass is 353 g/mol. The predicted molar refractivity (Wildman–Crippen MR) is 91.5 cm³/mol. The van der Waals surface area contributed by atoms with Crippen LogP contribution in [0.15, 0.2) is 49.1 Å². The van der Waals surface area contributed by atoms with Crippen molar-refractivity contribution in [3.8, 4) is 5.82 Å². The first kappa shape index (κ1) is 16.1. The van der Waals surface area contributed by atoms with Crippen molar-refractivity contribution in [2.45, 2.75) is 0 Å². The van der Waals surface area contributed by atoms with Gasteiger partial charge in [-0.05, 0) is 24.3 Å². The zero-order chi connectivity index (χ0) is 17.9. The van der Waals surface area contributed by atoms with E-state index in [1.54, 1.807) is 22.0 Å². The van der Waals surface area contributed by atoms with Crippen molar-refractivity contribution in [1.82, 2.24) is 29.9 Å². The van der Waals surface area contributed by atoms with Crippen LogP contribution in [0.1, 0.15) is 10.4 Å². The molecule has 3 aromatic heterocycles. The lowest BCUT2D eigenvalue weighted by atomic mass is 10.2. The Morgan fingerprint density at radius 2 is 1.81 bits per heavy atom. The molecular formula is C17H16FN7O. The number of nitrogens with zero attached hydrogens (tertiary/aromatic N) is 7. The van der Waals surface area contributed by atoms with Crippen molar-refractivity contribution in [1.29, 1.82) is 0 Å². The highest BCUT2D eigenvalue weighted by atomic mass is 19.1. The number of hydrogen-bond donors (Lipinski definition) is 0. The van der Waals surface area contributed by atoms with Gasteiger partial charge in [-0.2, -0.15) is 5.10 Å². The molecule has 8 nitrogen and oxygen atoms in total. The molecule has 4 heterocycles. The number of amides is 1. The number of piperazine rings is 1. The van der Waals surface area contributed by atoms with E-state index in [-0.39, 0.29) is 11.5 Å². The molecule has 0 aliphatic carbocycles. The van der Waals surface area contributed by atoms with Crippen molar-refractivity contribution >= 4 is 11.7 Å². The molecule has 0 aromatic carbocycles. The van der Waals surface area contributed by atoms with Crippen LogP contribution in [0.4, 0.5) is 10.2 Å². The number of anilines is 1. The van der Waals surface area contributed by atoms with Crippen molar-refractivity contribution in [3.05, 3.63) is 60.4 Å². The topological polar surface area (TPSA) is 80.0 Å². The van der Waals surface area contributed by atoms with Crippen LogP contribution >= 0.6 is 0 Å². The fraction of sp³-hybridized carbons (Fsp3) is 0.235. The van der Waals surface area contributed by atoms with E-state index in [2.05, 4.69) is 25.2 Å². The average molecular weight is 353 g/mol. The summed E-state index contributed by atoms with van der Waals surface area (Å²) >= 11 is 0. The molecule has 3 aromatic rings. The Labute approximate surface area is 148 Å². The van der Waals surface area contributed by atoms with E-state index < -0.39 is 5.82 Å². The van der Waals surface area contributed by atoms with Crippen LogP contribution in [0.3, 0.4) is 0 Å². The van der Waals surface area contributed by atoms with E-state index in [4.69, 9.17) is 0 Å². The molecular weight excluding hydrogens is 337 g/mol. The van der Waals surface area contributed by atoms with Gasteiger partial charge in [-0.3, -0.25) is 9.78 Å².